The highest BCUT2D eigenvalue weighted by Gasteiger charge is 2.00. The third-order valence-electron chi connectivity index (χ3n) is 1.90. The summed E-state index contributed by atoms with van der Waals surface area (Å²) in [6.07, 6.45) is 2.86. The summed E-state index contributed by atoms with van der Waals surface area (Å²) in [5.74, 6) is 3.99. The molecule has 0 heterocycles. The molecule has 2 amide bonds. The smallest absolute Gasteiger partial charge is 0.253 e. The molecule has 90 valence electrons. The molecule has 17 heavy (non-hydrogen) atoms. The average molecular weight is 254 g/mol. The van der Waals surface area contributed by atoms with E-state index in [2.05, 4.69) is 5.32 Å². The largest absolute Gasteiger partial charge is 0.343 e. The molecule has 0 aromatic heterocycles. The van der Waals surface area contributed by atoms with Gasteiger partial charge in [-0.05, 0) is 17.7 Å². The number of carbonyl (C=O) groups excluding carboxylic acids is 2. The van der Waals surface area contributed by atoms with Crippen LogP contribution in [0.5, 0.6) is 0 Å². The SMILES string of the molecule is NNC(=O)CNC(=O)C=Cc1ccccc1Cl. The van der Waals surface area contributed by atoms with E-state index in [0.29, 0.717) is 5.02 Å². The van der Waals surface area contributed by atoms with Crippen LogP contribution in [0, 0.1) is 0 Å². The van der Waals surface area contributed by atoms with Gasteiger partial charge in [0.25, 0.3) is 5.91 Å². The minimum atomic E-state index is -0.468. The maximum Gasteiger partial charge on any atom is 0.253 e. The van der Waals surface area contributed by atoms with E-state index >= 15 is 0 Å². The molecular weight excluding hydrogens is 242 g/mol. The highest BCUT2D eigenvalue weighted by Crippen LogP contribution is 2.15. The summed E-state index contributed by atoms with van der Waals surface area (Å²) < 4.78 is 0. The zero-order valence-corrected chi connectivity index (χ0v) is 9.70. The Hall–Kier alpha value is -1.85. The molecule has 6 heteroatoms. The number of rotatable bonds is 4. The van der Waals surface area contributed by atoms with E-state index in [4.69, 9.17) is 17.4 Å². The Morgan fingerprint density at radius 2 is 2.06 bits per heavy atom. The van der Waals surface area contributed by atoms with Gasteiger partial charge in [0, 0.05) is 11.1 Å². The van der Waals surface area contributed by atoms with E-state index in [1.807, 2.05) is 11.5 Å². The average Bonchev–Trinajstić information content (AvgIpc) is 2.35. The van der Waals surface area contributed by atoms with Gasteiger partial charge in [-0.1, -0.05) is 29.8 Å². The highest BCUT2D eigenvalue weighted by molar-refractivity contribution is 6.32. The number of nitrogens with one attached hydrogen (secondary N) is 2. The Kier molecular flexibility index (Phi) is 5.19. The zero-order chi connectivity index (χ0) is 12.7. The molecule has 0 saturated carbocycles. The predicted octanol–water partition coefficient (Wildman–Crippen LogP) is 0.459. The van der Waals surface area contributed by atoms with Crippen molar-refractivity contribution in [2.45, 2.75) is 0 Å². The van der Waals surface area contributed by atoms with Gasteiger partial charge < -0.3 is 5.32 Å². The van der Waals surface area contributed by atoms with E-state index in [-0.39, 0.29) is 6.54 Å². The van der Waals surface area contributed by atoms with Crippen molar-refractivity contribution in [2.24, 2.45) is 5.84 Å². The first-order chi connectivity index (χ1) is 8.13. The fourth-order valence-electron chi connectivity index (χ4n) is 1.05. The number of carbonyl (C=O) groups is 2. The normalized spacial score (nSPS) is 10.2. The lowest BCUT2D eigenvalue weighted by atomic mass is 10.2. The Bertz CT molecular complexity index is 446. The number of halogens is 1. The van der Waals surface area contributed by atoms with Gasteiger partial charge in [-0.2, -0.15) is 0 Å². The number of nitrogens with two attached hydrogens (primary N) is 1. The van der Waals surface area contributed by atoms with Crippen molar-refractivity contribution in [3.8, 4) is 0 Å². The van der Waals surface area contributed by atoms with Crippen LogP contribution in [0.1, 0.15) is 5.56 Å². The first-order valence-corrected chi connectivity index (χ1v) is 5.21. The molecule has 4 N–H and O–H groups in total. The van der Waals surface area contributed by atoms with Crippen LogP contribution >= 0.6 is 11.6 Å². The highest BCUT2D eigenvalue weighted by atomic mass is 35.5. The van der Waals surface area contributed by atoms with Crippen molar-refractivity contribution < 1.29 is 9.59 Å². The van der Waals surface area contributed by atoms with Crippen molar-refractivity contribution in [3.05, 3.63) is 40.9 Å². The van der Waals surface area contributed by atoms with Gasteiger partial charge in [0.05, 0.1) is 6.54 Å². The first-order valence-electron chi connectivity index (χ1n) is 4.83. The lowest BCUT2D eigenvalue weighted by Crippen LogP contribution is -2.39. The minimum Gasteiger partial charge on any atom is -0.343 e. The standard InChI is InChI=1S/C11H12ClN3O2/c12-9-4-2-1-3-8(9)5-6-10(16)14-7-11(17)15-13/h1-6H,7,13H2,(H,14,16)(H,15,17). The van der Waals surface area contributed by atoms with E-state index in [0.717, 1.165) is 5.56 Å². The lowest BCUT2D eigenvalue weighted by molar-refractivity contribution is -0.123. The van der Waals surface area contributed by atoms with E-state index in [1.54, 1.807) is 24.3 Å². The molecule has 0 bridgehead atoms. The predicted molar refractivity (Wildman–Crippen MR) is 65.8 cm³/mol. The van der Waals surface area contributed by atoms with Crippen molar-refractivity contribution in [1.29, 1.82) is 0 Å². The van der Waals surface area contributed by atoms with Crippen LogP contribution in [0.3, 0.4) is 0 Å². The molecule has 0 spiro atoms. The van der Waals surface area contributed by atoms with Crippen molar-refractivity contribution in [3.63, 3.8) is 0 Å². The van der Waals surface area contributed by atoms with Crippen LogP contribution in [-0.2, 0) is 9.59 Å². The summed E-state index contributed by atoms with van der Waals surface area (Å²) in [4.78, 5) is 22.0. The summed E-state index contributed by atoms with van der Waals surface area (Å²) in [5, 5.41) is 2.91. The zero-order valence-electron chi connectivity index (χ0n) is 8.94. The summed E-state index contributed by atoms with van der Waals surface area (Å²) in [6.45, 7) is -0.164. The molecule has 1 aromatic rings. The quantitative estimate of drug-likeness (QED) is 0.315. The molecule has 5 nitrogen and oxygen atoms in total. The Morgan fingerprint density at radius 1 is 1.35 bits per heavy atom. The summed E-state index contributed by atoms with van der Waals surface area (Å²) in [7, 11) is 0. The monoisotopic (exact) mass is 253 g/mol. The third kappa shape index (κ3) is 4.67. The third-order valence-corrected chi connectivity index (χ3v) is 2.25. The fraction of sp³-hybridized carbons (Fsp3) is 0.0909. The molecule has 1 rings (SSSR count). The Labute approximate surface area is 104 Å². The van der Waals surface area contributed by atoms with Crippen molar-refractivity contribution in [1.82, 2.24) is 10.7 Å². The van der Waals surface area contributed by atoms with Crippen LogP contribution in [0.4, 0.5) is 0 Å². The second-order valence-corrected chi connectivity index (χ2v) is 3.55. The minimum absolute atomic E-state index is 0.164. The van der Waals surface area contributed by atoms with Gasteiger partial charge in [0.1, 0.15) is 0 Å². The van der Waals surface area contributed by atoms with Crippen LogP contribution in [0.25, 0.3) is 6.08 Å². The molecule has 0 aliphatic heterocycles. The van der Waals surface area contributed by atoms with Gasteiger partial charge in [0.2, 0.25) is 5.91 Å². The molecule has 0 fully saturated rings. The molecule has 0 aliphatic rings. The number of hydrogen-bond donors (Lipinski definition) is 3. The molecule has 0 saturated heterocycles. The molecule has 0 aliphatic carbocycles. The second-order valence-electron chi connectivity index (χ2n) is 3.14. The van der Waals surface area contributed by atoms with E-state index in [1.165, 1.54) is 6.08 Å². The van der Waals surface area contributed by atoms with Gasteiger partial charge >= 0.3 is 0 Å². The van der Waals surface area contributed by atoms with Crippen LogP contribution in [0.15, 0.2) is 30.3 Å². The van der Waals surface area contributed by atoms with Crippen molar-refractivity contribution >= 4 is 29.5 Å². The first kappa shape index (κ1) is 13.2. The van der Waals surface area contributed by atoms with Crippen LogP contribution in [0.2, 0.25) is 5.02 Å². The number of hydrogen-bond acceptors (Lipinski definition) is 3. The second kappa shape index (κ2) is 6.67. The van der Waals surface area contributed by atoms with Crippen LogP contribution in [-0.4, -0.2) is 18.4 Å². The summed E-state index contributed by atoms with van der Waals surface area (Å²) in [6, 6.07) is 7.11. The van der Waals surface area contributed by atoms with Crippen molar-refractivity contribution in [2.75, 3.05) is 6.54 Å². The van der Waals surface area contributed by atoms with Gasteiger partial charge in [0.15, 0.2) is 0 Å². The number of amides is 2. The van der Waals surface area contributed by atoms with Gasteiger partial charge in [-0.3, -0.25) is 15.0 Å². The van der Waals surface area contributed by atoms with Gasteiger partial charge in [-0.25, -0.2) is 5.84 Å². The molecule has 0 radical (unpaired) electrons. The maximum atomic E-state index is 11.3. The maximum absolute atomic E-state index is 11.3. The van der Waals surface area contributed by atoms with E-state index < -0.39 is 11.8 Å². The van der Waals surface area contributed by atoms with E-state index in [9.17, 15) is 9.59 Å². The topological polar surface area (TPSA) is 84.2 Å². The molecule has 0 atom stereocenters. The lowest BCUT2D eigenvalue weighted by Gasteiger charge is -2.00. The Morgan fingerprint density at radius 3 is 2.71 bits per heavy atom. The Balaban J connectivity index is 2.51. The molecular formula is C11H12ClN3O2. The number of benzene rings is 1. The fourth-order valence-corrected chi connectivity index (χ4v) is 1.25. The van der Waals surface area contributed by atoms with Crippen LogP contribution < -0.4 is 16.6 Å². The molecule has 1 aromatic carbocycles. The summed E-state index contributed by atoms with van der Waals surface area (Å²) >= 11 is 5.89. The van der Waals surface area contributed by atoms with Gasteiger partial charge in [-0.15, -0.1) is 0 Å². The summed E-state index contributed by atoms with van der Waals surface area (Å²) in [5.41, 5.74) is 2.63. The number of hydrazine groups is 1. The molecule has 0 unspecified atom stereocenters.